The topological polar surface area (TPSA) is 104 Å². The van der Waals surface area contributed by atoms with Crippen molar-refractivity contribution in [1.82, 2.24) is 0 Å². The van der Waals surface area contributed by atoms with Crippen LogP contribution < -0.4 is 4.72 Å². The lowest BCUT2D eigenvalue weighted by Gasteiger charge is -2.11. The number of hydrogen-bond donors (Lipinski definition) is 1. The smallest absolute Gasteiger partial charge is 0.263 e. The molecule has 0 aliphatic rings. The molecule has 0 aromatic heterocycles. The van der Waals surface area contributed by atoms with Gasteiger partial charge in [-0.2, -0.15) is 5.26 Å². The second-order valence-corrected chi connectivity index (χ2v) is 8.74. The van der Waals surface area contributed by atoms with Crippen molar-refractivity contribution in [1.29, 1.82) is 5.26 Å². The van der Waals surface area contributed by atoms with Crippen molar-refractivity contribution in [3.8, 4) is 6.07 Å². The van der Waals surface area contributed by atoms with Crippen molar-refractivity contribution in [2.24, 2.45) is 0 Å². The summed E-state index contributed by atoms with van der Waals surface area (Å²) in [4.78, 5) is -0.684. The summed E-state index contributed by atoms with van der Waals surface area (Å²) < 4.78 is 50.7. The Balaban J connectivity index is 2.54. The summed E-state index contributed by atoms with van der Waals surface area (Å²) in [6.07, 6.45) is 0.925. The van der Waals surface area contributed by atoms with Gasteiger partial charge < -0.3 is 0 Å². The minimum atomic E-state index is -4.17. The van der Waals surface area contributed by atoms with Crippen molar-refractivity contribution in [2.75, 3.05) is 11.0 Å². The van der Waals surface area contributed by atoms with Gasteiger partial charge in [0.1, 0.15) is 4.90 Å². The Morgan fingerprint density at radius 1 is 1.04 bits per heavy atom. The summed E-state index contributed by atoms with van der Waals surface area (Å²) >= 11 is 5.83. The Bertz CT molecular complexity index is 1010. The van der Waals surface area contributed by atoms with Gasteiger partial charge in [-0.15, -0.1) is 0 Å². The molecule has 0 heterocycles. The monoisotopic (exact) mass is 370 g/mol. The molecule has 6 nitrogen and oxygen atoms in total. The third kappa shape index (κ3) is 4.01. The number of benzene rings is 2. The van der Waals surface area contributed by atoms with Crippen LogP contribution in [0.3, 0.4) is 0 Å². The first-order valence-corrected chi connectivity index (χ1v) is 9.91. The summed E-state index contributed by atoms with van der Waals surface area (Å²) in [5.74, 6) is 0. The molecule has 0 saturated heterocycles. The van der Waals surface area contributed by atoms with Crippen LogP contribution in [-0.4, -0.2) is 23.1 Å². The van der Waals surface area contributed by atoms with Crippen LogP contribution in [0.4, 0.5) is 5.69 Å². The average molecular weight is 371 g/mol. The lowest BCUT2D eigenvalue weighted by Crippen LogP contribution is -2.16. The van der Waals surface area contributed by atoms with E-state index >= 15 is 0 Å². The van der Waals surface area contributed by atoms with Crippen LogP contribution in [0.2, 0.25) is 5.02 Å². The Labute approximate surface area is 139 Å². The van der Waals surface area contributed by atoms with E-state index in [9.17, 15) is 16.8 Å². The largest absolute Gasteiger partial charge is 0.279 e. The van der Waals surface area contributed by atoms with Crippen molar-refractivity contribution in [2.45, 2.75) is 9.79 Å². The van der Waals surface area contributed by atoms with Gasteiger partial charge in [-0.3, -0.25) is 4.72 Å². The Morgan fingerprint density at radius 2 is 1.65 bits per heavy atom. The van der Waals surface area contributed by atoms with Crippen molar-refractivity contribution in [3.63, 3.8) is 0 Å². The lowest BCUT2D eigenvalue weighted by atomic mass is 10.2. The molecule has 120 valence electrons. The maximum atomic E-state index is 12.5. The molecule has 1 N–H and O–H groups in total. The molecule has 2 rings (SSSR count). The van der Waals surface area contributed by atoms with Crippen LogP contribution >= 0.6 is 11.6 Å². The second kappa shape index (κ2) is 6.20. The number of sulfonamides is 1. The van der Waals surface area contributed by atoms with Gasteiger partial charge in [0.2, 0.25) is 0 Å². The van der Waals surface area contributed by atoms with Crippen LogP contribution in [0.25, 0.3) is 0 Å². The molecular weight excluding hydrogens is 360 g/mol. The third-order valence-corrected chi connectivity index (χ3v) is 5.76. The number of nitrogens with one attached hydrogen (secondary N) is 1. The van der Waals surface area contributed by atoms with E-state index in [0.29, 0.717) is 0 Å². The maximum Gasteiger partial charge on any atom is 0.263 e. The number of halogens is 1. The molecule has 0 saturated carbocycles. The highest BCUT2D eigenvalue weighted by atomic mass is 35.5. The molecule has 0 spiro atoms. The zero-order valence-electron chi connectivity index (χ0n) is 11.8. The molecule has 2 aromatic carbocycles. The number of rotatable bonds is 4. The molecule has 23 heavy (non-hydrogen) atoms. The molecular formula is C14H11ClN2O4S2. The number of hydrogen-bond acceptors (Lipinski definition) is 5. The average Bonchev–Trinajstić information content (AvgIpc) is 2.45. The fourth-order valence-electron chi connectivity index (χ4n) is 1.90. The normalized spacial score (nSPS) is 11.7. The Kier molecular flexibility index (Phi) is 4.66. The fourth-order valence-corrected chi connectivity index (χ4v) is 4.81. The highest BCUT2D eigenvalue weighted by Crippen LogP contribution is 2.25. The van der Waals surface area contributed by atoms with E-state index in [-0.39, 0.29) is 26.1 Å². The van der Waals surface area contributed by atoms with Crippen LogP contribution in [0.5, 0.6) is 0 Å². The molecule has 0 atom stereocenters. The standard InChI is InChI=1S/C14H11ClN2O4S2/c1-22(18,19)13-4-2-3-5-14(13)23(20,21)17-12-7-10(9-16)6-11(15)8-12/h2-8,17H,1H3. The van der Waals surface area contributed by atoms with Gasteiger partial charge in [-0.25, -0.2) is 16.8 Å². The predicted molar refractivity (Wildman–Crippen MR) is 86.5 cm³/mol. The Hall–Kier alpha value is -2.08. The van der Waals surface area contributed by atoms with E-state index in [2.05, 4.69) is 4.72 Å². The number of nitriles is 1. The van der Waals surface area contributed by atoms with Crippen LogP contribution in [0, 0.1) is 11.3 Å². The van der Waals surface area contributed by atoms with Crippen molar-refractivity contribution >= 4 is 37.1 Å². The molecule has 0 radical (unpaired) electrons. The molecule has 0 bridgehead atoms. The zero-order chi connectivity index (χ0) is 17.3. The van der Waals surface area contributed by atoms with Gasteiger partial charge in [-0.05, 0) is 30.3 Å². The van der Waals surface area contributed by atoms with E-state index in [1.165, 1.54) is 42.5 Å². The van der Waals surface area contributed by atoms with E-state index in [1.54, 1.807) is 0 Å². The predicted octanol–water partition coefficient (Wildman–Crippen LogP) is 2.42. The summed E-state index contributed by atoms with van der Waals surface area (Å²) in [5.41, 5.74) is 0.240. The minimum Gasteiger partial charge on any atom is -0.279 e. The molecule has 2 aromatic rings. The van der Waals surface area contributed by atoms with Crippen LogP contribution in [-0.2, 0) is 19.9 Å². The van der Waals surface area contributed by atoms with Gasteiger partial charge in [0.15, 0.2) is 9.84 Å². The zero-order valence-corrected chi connectivity index (χ0v) is 14.2. The van der Waals surface area contributed by atoms with E-state index in [1.807, 2.05) is 6.07 Å². The summed E-state index contributed by atoms with van der Waals surface area (Å²) in [6.45, 7) is 0. The minimum absolute atomic E-state index is 0.0670. The van der Waals surface area contributed by atoms with Gasteiger partial charge in [0.25, 0.3) is 10.0 Å². The number of nitrogens with zero attached hydrogens (tertiary/aromatic N) is 1. The SMILES string of the molecule is CS(=O)(=O)c1ccccc1S(=O)(=O)Nc1cc(Cl)cc(C#N)c1. The van der Waals surface area contributed by atoms with Gasteiger partial charge in [0, 0.05) is 11.3 Å². The molecule has 9 heteroatoms. The molecule has 0 fully saturated rings. The first-order valence-electron chi connectivity index (χ1n) is 6.16. The first kappa shape index (κ1) is 17.3. The third-order valence-electron chi connectivity index (χ3n) is 2.82. The maximum absolute atomic E-state index is 12.5. The molecule has 0 aliphatic heterocycles. The highest BCUT2D eigenvalue weighted by molar-refractivity contribution is 7.95. The van der Waals surface area contributed by atoms with Gasteiger partial charge in [-0.1, -0.05) is 23.7 Å². The van der Waals surface area contributed by atoms with Crippen molar-refractivity contribution < 1.29 is 16.8 Å². The van der Waals surface area contributed by atoms with Crippen LogP contribution in [0.15, 0.2) is 52.3 Å². The van der Waals surface area contributed by atoms with Gasteiger partial charge in [0.05, 0.1) is 22.2 Å². The first-order chi connectivity index (χ1) is 10.6. The van der Waals surface area contributed by atoms with E-state index in [4.69, 9.17) is 16.9 Å². The summed E-state index contributed by atoms with van der Waals surface area (Å²) in [6, 6.07) is 11.1. The summed E-state index contributed by atoms with van der Waals surface area (Å²) in [7, 11) is -7.89. The number of anilines is 1. The second-order valence-electron chi connectivity index (χ2n) is 4.66. The van der Waals surface area contributed by atoms with Crippen molar-refractivity contribution in [3.05, 3.63) is 53.1 Å². The quantitative estimate of drug-likeness (QED) is 0.889. The molecule has 0 aliphatic carbocycles. The lowest BCUT2D eigenvalue weighted by molar-refractivity contribution is 0.588. The van der Waals surface area contributed by atoms with E-state index in [0.717, 1.165) is 6.26 Å². The van der Waals surface area contributed by atoms with Gasteiger partial charge >= 0.3 is 0 Å². The highest BCUT2D eigenvalue weighted by Gasteiger charge is 2.23. The Morgan fingerprint density at radius 3 is 2.22 bits per heavy atom. The molecule has 0 amide bonds. The number of sulfone groups is 1. The molecule has 0 unspecified atom stereocenters. The fraction of sp³-hybridized carbons (Fsp3) is 0.0714. The van der Waals surface area contributed by atoms with E-state index < -0.39 is 19.9 Å². The summed E-state index contributed by atoms with van der Waals surface area (Å²) in [5, 5.41) is 9.07. The van der Waals surface area contributed by atoms with Crippen LogP contribution in [0.1, 0.15) is 5.56 Å².